The van der Waals surface area contributed by atoms with Crippen LogP contribution in [0.4, 0.5) is 0 Å². The van der Waals surface area contributed by atoms with E-state index in [4.69, 9.17) is 0 Å². The third-order valence-electron chi connectivity index (χ3n) is 4.08. The predicted octanol–water partition coefficient (Wildman–Crippen LogP) is 2.88. The summed E-state index contributed by atoms with van der Waals surface area (Å²) in [7, 11) is 0. The second-order valence-corrected chi connectivity index (χ2v) is 7.39. The van der Waals surface area contributed by atoms with Crippen LogP contribution in [0.3, 0.4) is 0 Å². The Hall–Kier alpha value is -0.720. The molecule has 3 nitrogen and oxygen atoms in total. The van der Waals surface area contributed by atoms with Crippen LogP contribution in [-0.4, -0.2) is 47.2 Å². The van der Waals surface area contributed by atoms with Crippen LogP contribution in [0.2, 0.25) is 0 Å². The molecule has 0 unspecified atom stereocenters. The van der Waals surface area contributed by atoms with Crippen LogP contribution in [0, 0.1) is 0 Å². The molecule has 3 heterocycles. The zero-order valence-corrected chi connectivity index (χ0v) is 13.8. The molecule has 2 aromatic heterocycles. The van der Waals surface area contributed by atoms with Crippen LogP contribution in [0.15, 0.2) is 34.3 Å². The first kappa shape index (κ1) is 15.2. The van der Waals surface area contributed by atoms with Crippen LogP contribution in [-0.2, 0) is 13.1 Å². The summed E-state index contributed by atoms with van der Waals surface area (Å²) in [6.07, 6.45) is 0.867. The summed E-state index contributed by atoms with van der Waals surface area (Å²) in [5.41, 5.74) is 1.41. The van der Waals surface area contributed by atoms with E-state index in [0.717, 1.165) is 39.1 Å². The molecular weight excluding hydrogens is 300 g/mol. The van der Waals surface area contributed by atoms with Crippen LogP contribution in [0.25, 0.3) is 0 Å². The molecule has 1 atom stereocenters. The highest BCUT2D eigenvalue weighted by Gasteiger charge is 2.26. The second kappa shape index (κ2) is 7.51. The van der Waals surface area contributed by atoms with Gasteiger partial charge in [-0.3, -0.25) is 9.80 Å². The summed E-state index contributed by atoms with van der Waals surface area (Å²) in [6.45, 7) is 5.60. The SMILES string of the molecule is OCC[C@@H]1CN(Cc2ccsc2)CCN1Cc1cccs1. The Morgan fingerprint density at radius 2 is 2.14 bits per heavy atom. The van der Waals surface area contributed by atoms with E-state index in [1.54, 1.807) is 11.3 Å². The second-order valence-electron chi connectivity index (χ2n) is 5.58. The van der Waals surface area contributed by atoms with Crippen molar-refractivity contribution in [3.63, 3.8) is 0 Å². The minimum absolute atomic E-state index is 0.276. The maximum absolute atomic E-state index is 9.36. The fourth-order valence-electron chi connectivity index (χ4n) is 2.98. The monoisotopic (exact) mass is 322 g/mol. The Balaban J connectivity index is 1.59. The Morgan fingerprint density at radius 3 is 2.86 bits per heavy atom. The number of rotatable bonds is 6. The van der Waals surface area contributed by atoms with Crippen molar-refractivity contribution >= 4 is 22.7 Å². The van der Waals surface area contributed by atoms with Gasteiger partial charge in [0.05, 0.1) is 0 Å². The Bertz CT molecular complexity index is 512. The van der Waals surface area contributed by atoms with Crippen molar-refractivity contribution in [3.05, 3.63) is 44.8 Å². The number of piperazine rings is 1. The molecule has 0 bridgehead atoms. The van der Waals surface area contributed by atoms with Gasteiger partial charge in [0.25, 0.3) is 0 Å². The average molecular weight is 322 g/mol. The molecule has 0 amide bonds. The highest BCUT2D eigenvalue weighted by Crippen LogP contribution is 2.20. The molecular formula is C16H22N2OS2. The molecule has 1 saturated heterocycles. The van der Waals surface area contributed by atoms with Crippen molar-refractivity contribution < 1.29 is 5.11 Å². The van der Waals surface area contributed by atoms with Gasteiger partial charge >= 0.3 is 0 Å². The van der Waals surface area contributed by atoms with Crippen molar-refractivity contribution in [3.8, 4) is 0 Å². The molecule has 2 aromatic rings. The highest BCUT2D eigenvalue weighted by atomic mass is 32.1. The summed E-state index contributed by atoms with van der Waals surface area (Å²) in [6, 6.07) is 7.00. The number of aliphatic hydroxyl groups excluding tert-OH is 1. The average Bonchev–Trinajstić information content (AvgIpc) is 3.15. The maximum Gasteiger partial charge on any atom is 0.0446 e. The molecule has 0 saturated carbocycles. The molecule has 0 radical (unpaired) electrons. The van der Waals surface area contributed by atoms with E-state index in [1.807, 2.05) is 11.3 Å². The fraction of sp³-hybridized carbons (Fsp3) is 0.500. The van der Waals surface area contributed by atoms with Gasteiger partial charge in [-0.2, -0.15) is 11.3 Å². The number of aliphatic hydroxyl groups is 1. The Labute approximate surface area is 134 Å². The normalized spacial score (nSPS) is 20.9. The molecule has 1 N–H and O–H groups in total. The number of hydrogen-bond acceptors (Lipinski definition) is 5. The summed E-state index contributed by atoms with van der Waals surface area (Å²) < 4.78 is 0. The van der Waals surface area contributed by atoms with E-state index in [-0.39, 0.29) is 6.61 Å². The molecule has 0 aromatic carbocycles. The van der Waals surface area contributed by atoms with Crippen molar-refractivity contribution in [2.75, 3.05) is 26.2 Å². The number of thiophene rings is 2. The lowest BCUT2D eigenvalue weighted by Crippen LogP contribution is -2.52. The van der Waals surface area contributed by atoms with Crippen molar-refractivity contribution in [1.82, 2.24) is 9.80 Å². The molecule has 0 spiro atoms. The van der Waals surface area contributed by atoms with Gasteiger partial charge in [-0.15, -0.1) is 11.3 Å². The van der Waals surface area contributed by atoms with Gasteiger partial charge < -0.3 is 5.11 Å². The first-order chi connectivity index (χ1) is 10.3. The molecule has 3 rings (SSSR count). The van der Waals surface area contributed by atoms with Crippen LogP contribution in [0.1, 0.15) is 16.9 Å². The van der Waals surface area contributed by atoms with Gasteiger partial charge in [0.2, 0.25) is 0 Å². The summed E-state index contributed by atoms with van der Waals surface area (Å²) >= 11 is 3.59. The zero-order valence-electron chi connectivity index (χ0n) is 12.1. The molecule has 1 aliphatic heterocycles. The van der Waals surface area contributed by atoms with Crippen molar-refractivity contribution in [2.24, 2.45) is 0 Å². The fourth-order valence-corrected chi connectivity index (χ4v) is 4.36. The number of hydrogen-bond donors (Lipinski definition) is 1. The predicted molar refractivity (Wildman–Crippen MR) is 89.8 cm³/mol. The van der Waals surface area contributed by atoms with Gasteiger partial charge in [-0.25, -0.2) is 0 Å². The lowest BCUT2D eigenvalue weighted by molar-refractivity contribution is 0.0507. The van der Waals surface area contributed by atoms with Crippen LogP contribution in [0.5, 0.6) is 0 Å². The van der Waals surface area contributed by atoms with Gasteiger partial charge in [0.1, 0.15) is 0 Å². The van der Waals surface area contributed by atoms with E-state index >= 15 is 0 Å². The highest BCUT2D eigenvalue weighted by molar-refractivity contribution is 7.09. The van der Waals surface area contributed by atoms with Gasteiger partial charge in [0, 0.05) is 50.2 Å². The first-order valence-electron chi connectivity index (χ1n) is 7.46. The molecule has 1 fully saturated rings. The molecule has 21 heavy (non-hydrogen) atoms. The maximum atomic E-state index is 9.36. The van der Waals surface area contributed by atoms with Crippen molar-refractivity contribution in [2.45, 2.75) is 25.6 Å². The Kier molecular flexibility index (Phi) is 5.43. The molecule has 0 aliphatic carbocycles. The quantitative estimate of drug-likeness (QED) is 0.886. The summed E-state index contributed by atoms with van der Waals surface area (Å²) in [5, 5.41) is 15.9. The summed E-state index contributed by atoms with van der Waals surface area (Å²) in [4.78, 5) is 6.48. The topological polar surface area (TPSA) is 26.7 Å². The third-order valence-corrected chi connectivity index (χ3v) is 5.67. The molecule has 1 aliphatic rings. The lowest BCUT2D eigenvalue weighted by atomic mass is 10.1. The minimum atomic E-state index is 0.276. The van der Waals surface area contributed by atoms with Crippen LogP contribution < -0.4 is 0 Å². The van der Waals surface area contributed by atoms with E-state index < -0.39 is 0 Å². The van der Waals surface area contributed by atoms with Crippen molar-refractivity contribution in [1.29, 1.82) is 0 Å². The molecule has 5 heteroatoms. The smallest absolute Gasteiger partial charge is 0.0446 e. The van der Waals surface area contributed by atoms with E-state index in [9.17, 15) is 5.11 Å². The minimum Gasteiger partial charge on any atom is -0.396 e. The van der Waals surface area contributed by atoms with E-state index in [2.05, 4.69) is 44.1 Å². The van der Waals surface area contributed by atoms with Gasteiger partial charge in [0.15, 0.2) is 0 Å². The number of nitrogens with zero attached hydrogens (tertiary/aromatic N) is 2. The van der Waals surface area contributed by atoms with Gasteiger partial charge in [-0.05, 0) is 40.3 Å². The Morgan fingerprint density at radius 1 is 1.19 bits per heavy atom. The van der Waals surface area contributed by atoms with E-state index in [1.165, 1.54) is 10.4 Å². The van der Waals surface area contributed by atoms with Gasteiger partial charge in [-0.1, -0.05) is 6.07 Å². The standard InChI is InChI=1S/C16H22N2OS2/c19-7-3-15-11-17(10-14-4-9-20-13-14)5-6-18(15)12-16-2-1-8-21-16/h1-2,4,8-9,13,15,19H,3,5-7,10-12H2/t15-/m1/s1. The molecule has 114 valence electrons. The summed E-state index contributed by atoms with van der Waals surface area (Å²) in [5.74, 6) is 0. The van der Waals surface area contributed by atoms with Crippen LogP contribution >= 0.6 is 22.7 Å². The first-order valence-corrected chi connectivity index (χ1v) is 9.28. The van der Waals surface area contributed by atoms with E-state index in [0.29, 0.717) is 6.04 Å². The largest absolute Gasteiger partial charge is 0.396 e. The lowest BCUT2D eigenvalue weighted by Gasteiger charge is -2.41. The zero-order chi connectivity index (χ0) is 14.5. The third kappa shape index (κ3) is 4.14.